The Hall–Kier alpha value is -1.96. The maximum absolute atomic E-state index is 12.1. The molecule has 2 N–H and O–H groups in total. The quantitative estimate of drug-likeness (QED) is 0.426. The number of hydrogen-bond acceptors (Lipinski definition) is 6. The van der Waals surface area contributed by atoms with Gasteiger partial charge in [-0.2, -0.15) is 4.98 Å². The van der Waals surface area contributed by atoms with E-state index in [-0.39, 0.29) is 24.9 Å². The number of nitrogens with zero attached hydrogens (tertiary/aromatic N) is 2. The highest BCUT2D eigenvalue weighted by atomic mass is 35.5. The van der Waals surface area contributed by atoms with Gasteiger partial charge in [0.2, 0.25) is 11.7 Å². The smallest absolute Gasteiger partial charge is 0.250 e. The number of aromatic nitrogens is 2. The molecule has 178 valence electrons. The predicted octanol–water partition coefficient (Wildman–Crippen LogP) is 4.45. The maximum atomic E-state index is 12.1. The number of hydrogen-bond donors (Lipinski definition) is 2. The van der Waals surface area contributed by atoms with E-state index in [9.17, 15) is 4.79 Å². The second kappa shape index (κ2) is 15.0. The lowest BCUT2D eigenvalue weighted by atomic mass is 10.0. The molecule has 1 atom stereocenters. The van der Waals surface area contributed by atoms with Crippen molar-refractivity contribution in [1.82, 2.24) is 20.8 Å². The molecule has 1 fully saturated rings. The lowest BCUT2D eigenvalue weighted by Crippen LogP contribution is -2.47. The number of ether oxygens (including phenoxy) is 1. The van der Waals surface area contributed by atoms with Crippen LogP contribution < -0.4 is 10.6 Å². The monoisotopic (exact) mass is 464 g/mol. The Kier molecular flexibility index (Phi) is 12.3. The minimum Gasteiger partial charge on any atom is -0.366 e. The minimum absolute atomic E-state index is 0. The van der Waals surface area contributed by atoms with E-state index in [0.29, 0.717) is 24.9 Å². The van der Waals surface area contributed by atoms with E-state index < -0.39 is 6.10 Å². The first-order chi connectivity index (χ1) is 15.3. The molecule has 0 spiro atoms. The summed E-state index contributed by atoms with van der Waals surface area (Å²) in [6.45, 7) is 4.29. The van der Waals surface area contributed by atoms with E-state index in [2.05, 4.69) is 39.8 Å². The average molecular weight is 465 g/mol. The third kappa shape index (κ3) is 8.88. The molecule has 1 saturated heterocycles. The van der Waals surface area contributed by atoms with Gasteiger partial charge in [-0.1, -0.05) is 81.3 Å². The van der Waals surface area contributed by atoms with Crippen LogP contribution in [0.5, 0.6) is 0 Å². The van der Waals surface area contributed by atoms with Crippen LogP contribution in [0.15, 0.2) is 28.8 Å². The molecule has 0 radical (unpaired) electrons. The number of rotatable bonds is 13. The third-order valence-electron chi connectivity index (χ3n) is 5.63. The molecule has 1 unspecified atom stereocenters. The van der Waals surface area contributed by atoms with Crippen molar-refractivity contribution in [3.8, 4) is 11.4 Å². The Morgan fingerprint density at radius 1 is 1.09 bits per heavy atom. The number of aryl methyl sites for hydroxylation is 1. The molecule has 7 nitrogen and oxygen atoms in total. The van der Waals surface area contributed by atoms with E-state index in [1.165, 1.54) is 56.9 Å². The molecule has 2 heterocycles. The van der Waals surface area contributed by atoms with E-state index in [4.69, 9.17) is 9.26 Å². The van der Waals surface area contributed by atoms with Crippen molar-refractivity contribution in [2.24, 2.45) is 0 Å². The molecule has 8 heteroatoms. The first-order valence-corrected chi connectivity index (χ1v) is 11.8. The molecule has 0 bridgehead atoms. The van der Waals surface area contributed by atoms with Crippen LogP contribution in [-0.2, 0) is 22.5 Å². The lowest BCUT2D eigenvalue weighted by Gasteiger charge is -2.22. The molecule has 32 heavy (non-hydrogen) atoms. The molecule has 0 aliphatic carbocycles. The molecule has 1 aromatic heterocycles. The minimum atomic E-state index is -0.468. The highest BCUT2D eigenvalue weighted by Crippen LogP contribution is 2.18. The molecule has 3 rings (SSSR count). The molecule has 1 aliphatic heterocycles. The number of amides is 1. The lowest BCUT2D eigenvalue weighted by molar-refractivity contribution is -0.134. The SMILES string of the molecule is CCCCCCCCCCc1ccc(-c2noc(CNC(=O)C3CNCCO3)n2)cc1.Cl. The number of morpholine rings is 1. The second-order valence-electron chi connectivity index (χ2n) is 8.21. The van der Waals surface area contributed by atoms with Crippen molar-refractivity contribution < 1.29 is 14.1 Å². The summed E-state index contributed by atoms with van der Waals surface area (Å²) < 4.78 is 10.7. The van der Waals surface area contributed by atoms with Gasteiger partial charge in [-0.25, -0.2) is 0 Å². The van der Waals surface area contributed by atoms with E-state index in [1.807, 2.05) is 12.1 Å². The van der Waals surface area contributed by atoms with Crippen LogP contribution in [0.25, 0.3) is 11.4 Å². The number of carbonyl (C=O) groups excluding carboxylic acids is 1. The van der Waals surface area contributed by atoms with Gasteiger partial charge >= 0.3 is 0 Å². The van der Waals surface area contributed by atoms with E-state index in [0.717, 1.165) is 18.5 Å². The zero-order valence-corrected chi connectivity index (χ0v) is 19.9. The summed E-state index contributed by atoms with van der Waals surface area (Å²) in [6.07, 6.45) is 11.3. The van der Waals surface area contributed by atoms with Crippen LogP contribution in [0.2, 0.25) is 0 Å². The van der Waals surface area contributed by atoms with Crippen molar-refractivity contribution in [1.29, 1.82) is 0 Å². The average Bonchev–Trinajstić information content (AvgIpc) is 3.29. The van der Waals surface area contributed by atoms with Gasteiger partial charge in [0.25, 0.3) is 5.91 Å². The number of unbranched alkanes of at least 4 members (excludes halogenated alkanes) is 7. The Balaban J connectivity index is 0.00000363. The van der Waals surface area contributed by atoms with Gasteiger partial charge in [0.1, 0.15) is 6.10 Å². The topological polar surface area (TPSA) is 89.3 Å². The fraction of sp³-hybridized carbons (Fsp3) is 0.625. The first kappa shape index (κ1) is 26.3. The maximum Gasteiger partial charge on any atom is 0.250 e. The summed E-state index contributed by atoms with van der Waals surface area (Å²) in [5.74, 6) is 0.755. The van der Waals surface area contributed by atoms with Crippen molar-refractivity contribution in [3.05, 3.63) is 35.7 Å². The highest BCUT2D eigenvalue weighted by Gasteiger charge is 2.22. The van der Waals surface area contributed by atoms with Crippen LogP contribution in [0.4, 0.5) is 0 Å². The summed E-state index contributed by atoms with van der Waals surface area (Å²) in [5, 5.41) is 9.97. The number of nitrogens with one attached hydrogen (secondary N) is 2. The number of carbonyl (C=O) groups is 1. The predicted molar refractivity (Wildman–Crippen MR) is 128 cm³/mol. The molecule has 0 saturated carbocycles. The van der Waals surface area contributed by atoms with Crippen molar-refractivity contribution in [3.63, 3.8) is 0 Å². The van der Waals surface area contributed by atoms with E-state index in [1.54, 1.807) is 0 Å². The van der Waals surface area contributed by atoms with Crippen molar-refractivity contribution in [2.45, 2.75) is 77.4 Å². The van der Waals surface area contributed by atoms with Gasteiger partial charge in [0.05, 0.1) is 13.2 Å². The fourth-order valence-corrected chi connectivity index (χ4v) is 3.74. The zero-order valence-electron chi connectivity index (χ0n) is 19.1. The van der Waals surface area contributed by atoms with Crippen LogP contribution in [0.1, 0.15) is 69.7 Å². The summed E-state index contributed by atoms with van der Waals surface area (Å²) in [5.41, 5.74) is 2.26. The largest absolute Gasteiger partial charge is 0.366 e. The van der Waals surface area contributed by atoms with E-state index >= 15 is 0 Å². The van der Waals surface area contributed by atoms with Crippen molar-refractivity contribution in [2.75, 3.05) is 19.7 Å². The summed E-state index contributed by atoms with van der Waals surface area (Å²) in [7, 11) is 0. The first-order valence-electron chi connectivity index (χ1n) is 11.8. The standard InChI is InChI=1S/C24H36N4O3.ClH/c1-2-3-4-5-6-7-8-9-10-19-11-13-20(14-12-19)23-27-22(31-28-23)18-26-24(29)21-17-25-15-16-30-21;/h11-14,21,25H,2-10,15-18H2,1H3,(H,26,29);1H. The fourth-order valence-electron chi connectivity index (χ4n) is 3.74. The van der Waals surface area contributed by atoms with Crippen LogP contribution in [-0.4, -0.2) is 41.8 Å². The van der Waals surface area contributed by atoms with Gasteiger partial charge in [-0.15, -0.1) is 12.4 Å². The summed E-state index contributed by atoms with van der Waals surface area (Å²) in [6, 6.07) is 8.35. The van der Waals surface area contributed by atoms with Gasteiger partial charge in [-0.3, -0.25) is 4.79 Å². The summed E-state index contributed by atoms with van der Waals surface area (Å²) >= 11 is 0. The highest BCUT2D eigenvalue weighted by molar-refractivity contribution is 5.85. The Morgan fingerprint density at radius 2 is 1.81 bits per heavy atom. The van der Waals surface area contributed by atoms with Crippen molar-refractivity contribution >= 4 is 18.3 Å². The van der Waals surface area contributed by atoms with Crippen LogP contribution in [0.3, 0.4) is 0 Å². The molecular weight excluding hydrogens is 428 g/mol. The molecule has 1 amide bonds. The Morgan fingerprint density at radius 3 is 2.50 bits per heavy atom. The van der Waals surface area contributed by atoms with Crippen LogP contribution in [0, 0.1) is 0 Å². The molecule has 1 aromatic carbocycles. The van der Waals surface area contributed by atoms with Gasteiger partial charge in [-0.05, 0) is 18.4 Å². The molecule has 2 aromatic rings. The van der Waals surface area contributed by atoms with Gasteiger partial charge in [0, 0.05) is 18.7 Å². The Labute approximate surface area is 197 Å². The second-order valence-corrected chi connectivity index (χ2v) is 8.21. The Bertz CT molecular complexity index is 776. The van der Waals surface area contributed by atoms with Crippen LogP contribution >= 0.6 is 12.4 Å². The normalized spacial score (nSPS) is 15.8. The molecular formula is C24H37ClN4O3. The molecule has 1 aliphatic rings. The third-order valence-corrected chi connectivity index (χ3v) is 5.63. The number of halogens is 1. The number of benzene rings is 1. The van der Waals surface area contributed by atoms with Gasteiger partial charge in [0.15, 0.2) is 0 Å². The summed E-state index contributed by atoms with van der Waals surface area (Å²) in [4.78, 5) is 16.5. The zero-order chi connectivity index (χ0) is 21.7. The van der Waals surface area contributed by atoms with Gasteiger partial charge < -0.3 is 19.9 Å².